The van der Waals surface area contributed by atoms with Crippen molar-refractivity contribution in [3.05, 3.63) is 51.8 Å². The van der Waals surface area contributed by atoms with E-state index >= 15 is 0 Å². The van der Waals surface area contributed by atoms with Crippen LogP contribution in [-0.2, 0) is 13.5 Å². The summed E-state index contributed by atoms with van der Waals surface area (Å²) in [6, 6.07) is 7.84. The van der Waals surface area contributed by atoms with Gasteiger partial charge in [0.15, 0.2) is 0 Å². The Bertz CT molecular complexity index is 522. The van der Waals surface area contributed by atoms with Crippen molar-refractivity contribution in [1.82, 2.24) is 9.78 Å². The lowest BCUT2D eigenvalue weighted by molar-refractivity contribution is 0.176. The molecule has 4 heteroatoms. The highest BCUT2D eigenvalue weighted by atomic mass is 79.9. The minimum Gasteiger partial charge on any atom is -0.388 e. The van der Waals surface area contributed by atoms with Gasteiger partial charge in [-0.3, -0.25) is 4.68 Å². The van der Waals surface area contributed by atoms with Crippen LogP contribution in [0.5, 0.6) is 0 Å². The molecule has 1 aromatic heterocycles. The maximum absolute atomic E-state index is 10.2. The fourth-order valence-corrected chi connectivity index (χ4v) is 2.37. The summed E-state index contributed by atoms with van der Waals surface area (Å²) in [5.74, 6) is 0. The van der Waals surface area contributed by atoms with E-state index in [1.807, 2.05) is 44.4 Å². The van der Waals surface area contributed by atoms with Gasteiger partial charge in [-0.2, -0.15) is 5.10 Å². The second-order valence-electron chi connectivity index (χ2n) is 4.20. The predicted octanol–water partition coefficient (Wildman–Crippen LogP) is 2.77. The lowest BCUT2D eigenvalue weighted by Gasteiger charge is -2.12. The van der Waals surface area contributed by atoms with Crippen LogP contribution < -0.4 is 0 Å². The fourth-order valence-electron chi connectivity index (χ4n) is 1.89. The number of aryl methyl sites for hydroxylation is 2. The van der Waals surface area contributed by atoms with E-state index in [9.17, 15) is 5.11 Å². The average molecular weight is 295 g/mol. The van der Waals surface area contributed by atoms with Gasteiger partial charge in [0.25, 0.3) is 0 Å². The number of hydrogen-bond donors (Lipinski definition) is 1. The van der Waals surface area contributed by atoms with Crippen LogP contribution in [0.25, 0.3) is 0 Å². The fraction of sp³-hybridized carbons (Fsp3) is 0.308. The molecule has 0 aliphatic heterocycles. The van der Waals surface area contributed by atoms with Crippen molar-refractivity contribution in [2.45, 2.75) is 19.4 Å². The summed E-state index contributed by atoms with van der Waals surface area (Å²) >= 11 is 3.42. The van der Waals surface area contributed by atoms with E-state index in [0.717, 1.165) is 21.3 Å². The third-order valence-electron chi connectivity index (χ3n) is 2.76. The van der Waals surface area contributed by atoms with Crippen LogP contribution in [-0.4, -0.2) is 14.9 Å². The van der Waals surface area contributed by atoms with Crippen molar-refractivity contribution in [2.24, 2.45) is 7.05 Å². The molecule has 0 aliphatic rings. The molecule has 0 fully saturated rings. The molecule has 2 rings (SSSR count). The molecule has 2 aromatic rings. The van der Waals surface area contributed by atoms with E-state index in [1.54, 1.807) is 4.68 Å². The van der Waals surface area contributed by atoms with Crippen molar-refractivity contribution in [3.63, 3.8) is 0 Å². The van der Waals surface area contributed by atoms with Gasteiger partial charge >= 0.3 is 0 Å². The van der Waals surface area contributed by atoms with Gasteiger partial charge in [-0.15, -0.1) is 0 Å². The van der Waals surface area contributed by atoms with Crippen molar-refractivity contribution in [2.75, 3.05) is 0 Å². The molecule has 90 valence electrons. The Morgan fingerprint density at radius 3 is 2.76 bits per heavy atom. The molecular weight excluding hydrogens is 280 g/mol. The number of hydrogen-bond acceptors (Lipinski definition) is 2. The molecule has 1 aromatic carbocycles. The van der Waals surface area contributed by atoms with Crippen LogP contribution in [0.15, 0.2) is 34.9 Å². The molecule has 1 N–H and O–H groups in total. The zero-order chi connectivity index (χ0) is 12.4. The zero-order valence-electron chi connectivity index (χ0n) is 9.89. The maximum Gasteiger partial charge on any atom is 0.0848 e. The van der Waals surface area contributed by atoms with Gasteiger partial charge in [0.1, 0.15) is 0 Å². The topological polar surface area (TPSA) is 38.0 Å². The Labute approximate surface area is 109 Å². The Kier molecular flexibility index (Phi) is 3.64. The van der Waals surface area contributed by atoms with Crippen LogP contribution in [0, 0.1) is 6.92 Å². The Morgan fingerprint density at radius 1 is 1.41 bits per heavy atom. The summed E-state index contributed by atoms with van der Waals surface area (Å²) in [6.45, 7) is 2.00. The maximum atomic E-state index is 10.2. The summed E-state index contributed by atoms with van der Waals surface area (Å²) in [7, 11) is 1.88. The molecule has 1 unspecified atom stereocenters. The quantitative estimate of drug-likeness (QED) is 0.945. The van der Waals surface area contributed by atoms with Gasteiger partial charge in [-0.05, 0) is 36.2 Å². The van der Waals surface area contributed by atoms with Gasteiger partial charge in [0.05, 0.1) is 11.8 Å². The first kappa shape index (κ1) is 12.3. The van der Waals surface area contributed by atoms with Crippen molar-refractivity contribution in [3.8, 4) is 0 Å². The van der Waals surface area contributed by atoms with E-state index in [0.29, 0.717) is 6.42 Å². The van der Waals surface area contributed by atoms with Crippen LogP contribution in [0.3, 0.4) is 0 Å². The summed E-state index contributed by atoms with van der Waals surface area (Å²) < 4.78 is 2.78. The second kappa shape index (κ2) is 5.02. The van der Waals surface area contributed by atoms with Gasteiger partial charge in [-0.25, -0.2) is 0 Å². The summed E-state index contributed by atoms with van der Waals surface area (Å²) in [4.78, 5) is 0. The third kappa shape index (κ3) is 2.96. The average Bonchev–Trinajstić information content (AvgIpc) is 2.63. The molecule has 0 spiro atoms. The number of nitrogens with zero attached hydrogens (tertiary/aromatic N) is 2. The molecule has 0 amide bonds. The largest absolute Gasteiger partial charge is 0.388 e. The number of benzene rings is 1. The number of aromatic nitrogens is 2. The molecule has 3 nitrogen and oxygen atoms in total. The highest BCUT2D eigenvalue weighted by Crippen LogP contribution is 2.23. The van der Waals surface area contributed by atoms with E-state index in [2.05, 4.69) is 21.0 Å². The van der Waals surface area contributed by atoms with Crippen LogP contribution in [0.4, 0.5) is 0 Å². The third-order valence-corrected chi connectivity index (χ3v) is 3.26. The van der Waals surface area contributed by atoms with Crippen LogP contribution in [0.2, 0.25) is 0 Å². The highest BCUT2D eigenvalue weighted by molar-refractivity contribution is 9.10. The van der Waals surface area contributed by atoms with E-state index < -0.39 is 6.10 Å². The standard InChI is InChI=1S/C13H15BrN2O/c1-9-7-10(14)3-4-12(9)13(17)8-11-5-6-16(2)15-11/h3-7,13,17H,8H2,1-2H3. The number of rotatable bonds is 3. The van der Waals surface area contributed by atoms with Gasteiger partial charge in [0.2, 0.25) is 0 Å². The van der Waals surface area contributed by atoms with Crippen LogP contribution >= 0.6 is 15.9 Å². The molecule has 0 saturated heterocycles. The number of aliphatic hydroxyl groups excluding tert-OH is 1. The van der Waals surface area contributed by atoms with E-state index in [4.69, 9.17) is 0 Å². The normalized spacial score (nSPS) is 12.7. The van der Waals surface area contributed by atoms with Crippen molar-refractivity contribution in [1.29, 1.82) is 0 Å². The SMILES string of the molecule is Cc1cc(Br)ccc1C(O)Cc1ccn(C)n1. The predicted molar refractivity (Wildman–Crippen MR) is 70.8 cm³/mol. The molecule has 1 atom stereocenters. The number of aliphatic hydroxyl groups is 1. The van der Waals surface area contributed by atoms with Gasteiger partial charge in [0, 0.05) is 24.1 Å². The Morgan fingerprint density at radius 2 is 2.18 bits per heavy atom. The lowest BCUT2D eigenvalue weighted by atomic mass is 10.0. The summed E-state index contributed by atoms with van der Waals surface area (Å²) in [5.41, 5.74) is 2.95. The van der Waals surface area contributed by atoms with Crippen LogP contribution in [0.1, 0.15) is 22.9 Å². The van der Waals surface area contributed by atoms with Gasteiger partial charge in [-0.1, -0.05) is 22.0 Å². The molecule has 0 aliphatic carbocycles. The zero-order valence-corrected chi connectivity index (χ0v) is 11.5. The smallest absolute Gasteiger partial charge is 0.0848 e. The highest BCUT2D eigenvalue weighted by Gasteiger charge is 2.12. The monoisotopic (exact) mass is 294 g/mol. The van der Waals surface area contributed by atoms with Gasteiger partial charge < -0.3 is 5.11 Å². The Balaban J connectivity index is 2.17. The molecule has 0 bridgehead atoms. The minimum atomic E-state index is -0.502. The first-order chi connectivity index (χ1) is 8.06. The minimum absolute atomic E-state index is 0.502. The lowest BCUT2D eigenvalue weighted by Crippen LogP contribution is -2.04. The molecule has 1 heterocycles. The first-order valence-electron chi connectivity index (χ1n) is 5.49. The number of halogens is 1. The molecule has 0 radical (unpaired) electrons. The summed E-state index contributed by atoms with van der Waals surface area (Å²) in [5, 5.41) is 14.5. The van der Waals surface area contributed by atoms with Crippen molar-refractivity contribution < 1.29 is 5.11 Å². The van der Waals surface area contributed by atoms with E-state index in [1.165, 1.54) is 0 Å². The Hall–Kier alpha value is -1.13. The van der Waals surface area contributed by atoms with E-state index in [-0.39, 0.29) is 0 Å². The summed E-state index contributed by atoms with van der Waals surface area (Å²) in [6.07, 6.45) is 1.93. The van der Waals surface area contributed by atoms with Crippen molar-refractivity contribution >= 4 is 15.9 Å². The molecule has 17 heavy (non-hydrogen) atoms. The second-order valence-corrected chi connectivity index (χ2v) is 5.12. The molecular formula is C13H15BrN2O. The molecule has 0 saturated carbocycles. The first-order valence-corrected chi connectivity index (χ1v) is 6.28.